The van der Waals surface area contributed by atoms with Crippen molar-refractivity contribution in [1.29, 1.82) is 0 Å². The summed E-state index contributed by atoms with van der Waals surface area (Å²) in [6, 6.07) is 3.94. The molecule has 0 spiro atoms. The fourth-order valence-electron chi connectivity index (χ4n) is 5.57. The Labute approximate surface area is 225 Å². The quantitative estimate of drug-likeness (QED) is 0.304. The van der Waals surface area contributed by atoms with Crippen molar-refractivity contribution < 1.29 is 8.78 Å². The molecule has 0 radical (unpaired) electrons. The third kappa shape index (κ3) is 5.21. The van der Waals surface area contributed by atoms with E-state index in [4.69, 9.17) is 4.98 Å². The van der Waals surface area contributed by atoms with E-state index in [0.29, 0.717) is 24.6 Å². The van der Waals surface area contributed by atoms with Gasteiger partial charge in [-0.3, -0.25) is 20.0 Å². The van der Waals surface area contributed by atoms with Crippen LogP contribution in [0.1, 0.15) is 42.6 Å². The first-order valence-electron chi connectivity index (χ1n) is 13.4. The normalized spacial score (nSPS) is 18.2. The third-order valence-electron chi connectivity index (χ3n) is 7.52. The van der Waals surface area contributed by atoms with Crippen LogP contribution < -0.4 is 0 Å². The number of halogens is 2. The van der Waals surface area contributed by atoms with Gasteiger partial charge in [0.2, 0.25) is 0 Å². The number of nitrogens with zero attached hydrogens (tertiary/aromatic N) is 6. The minimum Gasteiger partial charge on any atom is -0.370 e. The first-order valence-corrected chi connectivity index (χ1v) is 13.4. The molecule has 0 amide bonds. The van der Waals surface area contributed by atoms with E-state index in [0.717, 1.165) is 57.9 Å². The SMILES string of the molecule is C=C/C=C(\c1nc(-c2n[nH]c3cnc(-c4cncc(CN5CCC(F)(F)C5)c4)cc23)[nH]c1C)N1CCCCC1. The smallest absolute Gasteiger partial charge is 0.261 e. The zero-order valence-electron chi connectivity index (χ0n) is 22.1. The number of aryl methyl sites for hydroxylation is 1. The van der Waals surface area contributed by atoms with Gasteiger partial charge in [0.1, 0.15) is 11.4 Å². The van der Waals surface area contributed by atoms with E-state index in [-0.39, 0.29) is 13.0 Å². The molecule has 2 aliphatic heterocycles. The number of hydrogen-bond donors (Lipinski definition) is 2. The average molecular weight is 531 g/mol. The zero-order valence-corrected chi connectivity index (χ0v) is 22.1. The van der Waals surface area contributed by atoms with Crippen molar-refractivity contribution >= 4 is 16.6 Å². The number of fused-ring (bicyclic) bond motifs is 1. The van der Waals surface area contributed by atoms with Crippen LogP contribution >= 0.6 is 0 Å². The average Bonchev–Trinajstić information content (AvgIpc) is 3.63. The fourth-order valence-corrected chi connectivity index (χ4v) is 5.57. The molecule has 0 aromatic carbocycles. The van der Waals surface area contributed by atoms with Gasteiger partial charge < -0.3 is 9.88 Å². The van der Waals surface area contributed by atoms with Gasteiger partial charge in [0.15, 0.2) is 5.82 Å². The molecule has 4 aromatic heterocycles. The number of nitrogens with one attached hydrogen (secondary N) is 2. The molecule has 202 valence electrons. The van der Waals surface area contributed by atoms with Crippen molar-refractivity contribution in [1.82, 2.24) is 39.9 Å². The van der Waals surface area contributed by atoms with E-state index in [1.54, 1.807) is 23.5 Å². The number of allylic oxidation sites excluding steroid dienone is 2. The molecular weight excluding hydrogens is 498 g/mol. The zero-order chi connectivity index (χ0) is 27.0. The first kappa shape index (κ1) is 25.4. The number of aromatic amines is 2. The number of pyridine rings is 2. The number of piperidine rings is 1. The van der Waals surface area contributed by atoms with E-state index in [1.165, 1.54) is 19.3 Å². The second-order valence-electron chi connectivity index (χ2n) is 10.5. The highest BCUT2D eigenvalue weighted by atomic mass is 19.3. The van der Waals surface area contributed by atoms with Gasteiger partial charge >= 0.3 is 0 Å². The first-order chi connectivity index (χ1) is 18.9. The van der Waals surface area contributed by atoms with Gasteiger partial charge in [-0.15, -0.1) is 0 Å². The van der Waals surface area contributed by atoms with Crippen LogP contribution in [0.2, 0.25) is 0 Å². The summed E-state index contributed by atoms with van der Waals surface area (Å²) < 4.78 is 27.3. The number of likely N-dealkylation sites (tertiary alicyclic amines) is 2. The molecule has 2 fully saturated rings. The number of alkyl halides is 2. The summed E-state index contributed by atoms with van der Waals surface area (Å²) in [4.78, 5) is 21.6. The van der Waals surface area contributed by atoms with Gasteiger partial charge in [-0.05, 0) is 50.0 Å². The van der Waals surface area contributed by atoms with Gasteiger partial charge in [-0.25, -0.2) is 13.8 Å². The predicted octanol–water partition coefficient (Wildman–Crippen LogP) is 5.57. The largest absolute Gasteiger partial charge is 0.370 e. The van der Waals surface area contributed by atoms with Crippen LogP contribution in [0, 0.1) is 6.92 Å². The minimum absolute atomic E-state index is 0.0987. The molecule has 0 aliphatic carbocycles. The second kappa shape index (κ2) is 10.3. The fraction of sp³-hybridized carbons (Fsp3) is 0.379. The second-order valence-corrected chi connectivity index (χ2v) is 10.5. The summed E-state index contributed by atoms with van der Waals surface area (Å²) in [7, 11) is 0. The Morgan fingerprint density at radius 3 is 2.74 bits per heavy atom. The Balaban J connectivity index is 1.31. The Hall–Kier alpha value is -3.92. The molecule has 10 heteroatoms. The molecule has 6 rings (SSSR count). The Morgan fingerprint density at radius 2 is 1.97 bits per heavy atom. The number of imidazole rings is 1. The highest BCUT2D eigenvalue weighted by Gasteiger charge is 2.38. The van der Waals surface area contributed by atoms with Crippen LogP contribution in [-0.2, 0) is 6.54 Å². The van der Waals surface area contributed by atoms with Gasteiger partial charge in [-0.2, -0.15) is 5.10 Å². The highest BCUT2D eigenvalue weighted by Crippen LogP contribution is 2.32. The molecule has 6 heterocycles. The standard InChI is InChI=1S/C29H32F2N8/c1-3-7-25(39-9-5-4-6-10-39)26-19(2)34-28(35-26)27-22-13-23(33-16-24(22)36-37-27)21-12-20(14-32-15-21)17-38-11-8-29(30,31)18-38/h3,7,12-16H,1,4-6,8-11,17-18H2,2H3,(H,34,35)(H,36,37)/b25-7+. The topological polar surface area (TPSA) is 89.6 Å². The summed E-state index contributed by atoms with van der Waals surface area (Å²) in [6.45, 7) is 8.57. The van der Waals surface area contributed by atoms with Crippen LogP contribution in [-0.4, -0.2) is 72.0 Å². The molecule has 0 atom stereocenters. The number of hydrogen-bond acceptors (Lipinski definition) is 6. The molecule has 39 heavy (non-hydrogen) atoms. The molecule has 2 saturated heterocycles. The number of aromatic nitrogens is 6. The molecule has 0 bridgehead atoms. The lowest BCUT2D eigenvalue weighted by Gasteiger charge is -2.30. The maximum atomic E-state index is 13.6. The maximum absolute atomic E-state index is 13.6. The van der Waals surface area contributed by atoms with Gasteiger partial charge in [0, 0.05) is 61.6 Å². The van der Waals surface area contributed by atoms with Crippen molar-refractivity contribution in [3.63, 3.8) is 0 Å². The van der Waals surface area contributed by atoms with Crippen molar-refractivity contribution in [3.8, 4) is 22.8 Å². The van der Waals surface area contributed by atoms with Crippen LogP contribution in [0.25, 0.3) is 39.4 Å². The van der Waals surface area contributed by atoms with Crippen molar-refractivity contribution in [2.75, 3.05) is 26.2 Å². The summed E-state index contributed by atoms with van der Waals surface area (Å²) in [6.07, 6.45) is 12.6. The van der Waals surface area contributed by atoms with Crippen molar-refractivity contribution in [2.24, 2.45) is 0 Å². The Morgan fingerprint density at radius 1 is 1.13 bits per heavy atom. The van der Waals surface area contributed by atoms with Crippen LogP contribution in [0.3, 0.4) is 0 Å². The van der Waals surface area contributed by atoms with Gasteiger partial charge in [0.25, 0.3) is 5.92 Å². The van der Waals surface area contributed by atoms with E-state index in [9.17, 15) is 8.78 Å². The van der Waals surface area contributed by atoms with E-state index < -0.39 is 5.92 Å². The van der Waals surface area contributed by atoms with E-state index >= 15 is 0 Å². The number of rotatable bonds is 7. The Bertz CT molecular complexity index is 1530. The summed E-state index contributed by atoms with van der Waals surface area (Å²) in [5.41, 5.74) is 6.89. The van der Waals surface area contributed by atoms with E-state index in [2.05, 4.69) is 36.6 Å². The van der Waals surface area contributed by atoms with Crippen molar-refractivity contribution in [2.45, 2.75) is 45.1 Å². The molecule has 4 aromatic rings. The maximum Gasteiger partial charge on any atom is 0.261 e. The third-order valence-corrected chi connectivity index (χ3v) is 7.52. The van der Waals surface area contributed by atoms with Crippen molar-refractivity contribution in [3.05, 3.63) is 66.4 Å². The van der Waals surface area contributed by atoms with Crippen LogP contribution in [0.15, 0.2) is 49.5 Å². The highest BCUT2D eigenvalue weighted by molar-refractivity contribution is 5.93. The molecule has 0 saturated carbocycles. The molecule has 2 aliphatic rings. The monoisotopic (exact) mass is 530 g/mol. The minimum atomic E-state index is -2.62. The van der Waals surface area contributed by atoms with Gasteiger partial charge in [-0.1, -0.05) is 12.7 Å². The molecule has 0 unspecified atom stereocenters. The summed E-state index contributed by atoms with van der Waals surface area (Å²) in [5, 5.41) is 8.53. The van der Waals surface area contributed by atoms with Crippen LogP contribution in [0.5, 0.6) is 0 Å². The molecule has 8 nitrogen and oxygen atoms in total. The molecule has 2 N–H and O–H groups in total. The predicted molar refractivity (Wildman–Crippen MR) is 148 cm³/mol. The number of H-pyrrole nitrogens is 2. The summed E-state index contributed by atoms with van der Waals surface area (Å²) >= 11 is 0. The van der Waals surface area contributed by atoms with Gasteiger partial charge in [0.05, 0.1) is 29.6 Å². The summed E-state index contributed by atoms with van der Waals surface area (Å²) in [5.74, 6) is -1.94. The lowest BCUT2D eigenvalue weighted by atomic mass is 10.1. The Kier molecular flexibility index (Phi) is 6.72. The lowest BCUT2D eigenvalue weighted by Crippen LogP contribution is -2.28. The lowest BCUT2D eigenvalue weighted by molar-refractivity contribution is 0.0115. The van der Waals surface area contributed by atoms with Crippen LogP contribution in [0.4, 0.5) is 8.78 Å². The molecular formula is C29H32F2N8. The van der Waals surface area contributed by atoms with E-state index in [1.807, 2.05) is 31.2 Å².